The maximum atomic E-state index is 10.8. The highest BCUT2D eigenvalue weighted by molar-refractivity contribution is 8.02. The molecule has 5 heteroatoms. The normalized spacial score (nSPS) is 27.5. The zero-order valence-electron chi connectivity index (χ0n) is 8.85. The summed E-state index contributed by atoms with van der Waals surface area (Å²) in [5, 5.41) is 17.6. The highest BCUT2D eigenvalue weighted by atomic mass is 35.5. The van der Waals surface area contributed by atoms with Crippen molar-refractivity contribution in [2.75, 3.05) is 6.26 Å². The number of nitrogens with zero attached hydrogens (tertiary/aromatic N) is 1. The lowest BCUT2D eigenvalue weighted by molar-refractivity contribution is -0.139. The van der Waals surface area contributed by atoms with Crippen LogP contribution in [0.5, 0.6) is 0 Å². The molecule has 0 bridgehead atoms. The van der Waals surface area contributed by atoms with Gasteiger partial charge in [0.25, 0.3) is 0 Å². The van der Waals surface area contributed by atoms with E-state index in [1.54, 1.807) is 6.08 Å². The van der Waals surface area contributed by atoms with E-state index in [1.807, 2.05) is 20.1 Å². The summed E-state index contributed by atoms with van der Waals surface area (Å²) in [6.45, 7) is 3.84. The van der Waals surface area contributed by atoms with E-state index in [-0.39, 0.29) is 29.7 Å². The first kappa shape index (κ1) is 14.3. The fraction of sp³-hybridized carbons (Fsp3) is 0.600. The van der Waals surface area contributed by atoms with Crippen LogP contribution in [-0.4, -0.2) is 17.3 Å². The number of aliphatic carboxylic acids is 1. The molecule has 1 unspecified atom stereocenters. The Bertz CT molecular complexity index is 333. The lowest BCUT2D eigenvalue weighted by Gasteiger charge is -1.97. The molecule has 0 heterocycles. The third kappa shape index (κ3) is 2.67. The summed E-state index contributed by atoms with van der Waals surface area (Å²) >= 11 is 1.36. The Kier molecular flexibility index (Phi) is 4.69. The molecule has 84 valence electrons. The second-order valence-electron chi connectivity index (χ2n) is 4.01. The first-order valence-corrected chi connectivity index (χ1v) is 5.56. The topological polar surface area (TPSA) is 61.1 Å². The highest BCUT2D eigenvalue weighted by Gasteiger charge is 2.61. The Labute approximate surface area is 100.0 Å². The number of rotatable bonds is 3. The molecule has 0 aliphatic heterocycles. The Hall–Kier alpha value is -0.660. The number of allylic oxidation sites excluding steroid dienone is 2. The summed E-state index contributed by atoms with van der Waals surface area (Å²) in [6.07, 6.45) is 3.60. The Morgan fingerprint density at radius 2 is 2.13 bits per heavy atom. The molecule has 0 amide bonds. The predicted molar refractivity (Wildman–Crippen MR) is 62.9 cm³/mol. The summed E-state index contributed by atoms with van der Waals surface area (Å²) in [5.74, 6) is -1.10. The summed E-state index contributed by atoms with van der Waals surface area (Å²) < 4.78 is 0. The van der Waals surface area contributed by atoms with E-state index in [0.29, 0.717) is 4.91 Å². The second kappa shape index (κ2) is 4.91. The molecule has 0 spiro atoms. The van der Waals surface area contributed by atoms with E-state index < -0.39 is 5.97 Å². The maximum absolute atomic E-state index is 10.8. The monoisotopic (exact) mass is 247 g/mol. The van der Waals surface area contributed by atoms with Gasteiger partial charge < -0.3 is 5.11 Å². The number of halogens is 1. The van der Waals surface area contributed by atoms with Gasteiger partial charge in [-0.3, -0.25) is 4.79 Å². The summed E-state index contributed by atoms with van der Waals surface area (Å²) in [6, 6.07) is 2.05. The van der Waals surface area contributed by atoms with Crippen molar-refractivity contribution in [3.05, 3.63) is 11.0 Å². The molecule has 1 aliphatic rings. The summed E-state index contributed by atoms with van der Waals surface area (Å²) in [7, 11) is 0. The van der Waals surface area contributed by atoms with Gasteiger partial charge in [-0.15, -0.1) is 24.2 Å². The van der Waals surface area contributed by atoms with Crippen molar-refractivity contribution < 1.29 is 9.90 Å². The van der Waals surface area contributed by atoms with Crippen LogP contribution in [0.15, 0.2) is 11.0 Å². The van der Waals surface area contributed by atoms with Crippen LogP contribution in [0.1, 0.15) is 13.8 Å². The van der Waals surface area contributed by atoms with Crippen LogP contribution in [0, 0.1) is 28.6 Å². The molecular formula is C10H14ClNO2S. The molecule has 1 N–H and O–H groups in total. The molecule has 3 nitrogen and oxygen atoms in total. The molecule has 1 aliphatic carbocycles. The van der Waals surface area contributed by atoms with E-state index >= 15 is 0 Å². The Morgan fingerprint density at radius 3 is 2.40 bits per heavy atom. The average molecular weight is 248 g/mol. The van der Waals surface area contributed by atoms with Crippen molar-refractivity contribution >= 4 is 30.1 Å². The molecule has 2 atom stereocenters. The van der Waals surface area contributed by atoms with Gasteiger partial charge in [0, 0.05) is 0 Å². The van der Waals surface area contributed by atoms with Gasteiger partial charge in [0.1, 0.15) is 6.07 Å². The third-order valence-electron chi connectivity index (χ3n) is 2.84. The number of hydrogen-bond acceptors (Lipinski definition) is 3. The SMILES string of the molecule is CSC(C#N)=CC1[C@@H](C(=O)O)C1(C)C.Cl. The number of thioether (sulfide) groups is 1. The van der Waals surface area contributed by atoms with Crippen molar-refractivity contribution in [2.45, 2.75) is 13.8 Å². The van der Waals surface area contributed by atoms with Gasteiger partial charge in [-0.2, -0.15) is 5.26 Å². The van der Waals surface area contributed by atoms with Crippen LogP contribution < -0.4 is 0 Å². The standard InChI is InChI=1S/C10H13NO2S.ClH/c1-10(2)7(8(10)9(12)13)4-6(5-11)14-3;/h4,7-8H,1-3H3,(H,12,13);1H/t7?,8-;/m0./s1. The van der Waals surface area contributed by atoms with Gasteiger partial charge in [0.2, 0.25) is 0 Å². The minimum Gasteiger partial charge on any atom is -0.481 e. The first-order chi connectivity index (χ1) is 6.45. The predicted octanol–water partition coefficient (Wildman–Crippen LogP) is 2.54. The second-order valence-corrected chi connectivity index (χ2v) is 4.86. The molecular weight excluding hydrogens is 234 g/mol. The van der Waals surface area contributed by atoms with Crippen LogP contribution in [-0.2, 0) is 4.79 Å². The minimum atomic E-state index is -0.769. The average Bonchev–Trinajstić information content (AvgIpc) is 2.63. The van der Waals surface area contributed by atoms with E-state index in [2.05, 4.69) is 6.07 Å². The van der Waals surface area contributed by atoms with Crippen LogP contribution in [0.2, 0.25) is 0 Å². The summed E-state index contributed by atoms with van der Waals surface area (Å²) in [4.78, 5) is 11.4. The maximum Gasteiger partial charge on any atom is 0.307 e. The quantitative estimate of drug-likeness (QED) is 0.779. The van der Waals surface area contributed by atoms with E-state index in [4.69, 9.17) is 10.4 Å². The van der Waals surface area contributed by atoms with Gasteiger partial charge in [-0.25, -0.2) is 0 Å². The summed E-state index contributed by atoms with van der Waals surface area (Å²) in [5.41, 5.74) is -0.205. The fourth-order valence-corrected chi connectivity index (χ4v) is 2.15. The number of carbonyl (C=O) groups is 1. The van der Waals surface area contributed by atoms with Gasteiger partial charge in [-0.05, 0) is 17.6 Å². The number of nitriles is 1. The van der Waals surface area contributed by atoms with E-state index in [9.17, 15) is 4.79 Å². The minimum absolute atomic E-state index is 0. The molecule has 1 saturated carbocycles. The van der Waals surface area contributed by atoms with Crippen molar-refractivity contribution in [1.82, 2.24) is 0 Å². The van der Waals surface area contributed by atoms with Crippen molar-refractivity contribution in [3.63, 3.8) is 0 Å². The van der Waals surface area contributed by atoms with Crippen LogP contribution in [0.4, 0.5) is 0 Å². The molecule has 0 aromatic carbocycles. The highest BCUT2D eigenvalue weighted by Crippen LogP contribution is 2.59. The van der Waals surface area contributed by atoms with Gasteiger partial charge >= 0.3 is 5.97 Å². The Morgan fingerprint density at radius 1 is 1.60 bits per heavy atom. The molecule has 0 saturated heterocycles. The van der Waals surface area contributed by atoms with Crippen molar-refractivity contribution in [1.29, 1.82) is 5.26 Å². The van der Waals surface area contributed by atoms with Gasteiger partial charge in [-0.1, -0.05) is 19.9 Å². The number of hydrogen-bond donors (Lipinski definition) is 1. The van der Waals surface area contributed by atoms with Gasteiger partial charge in [0.15, 0.2) is 0 Å². The van der Waals surface area contributed by atoms with Crippen LogP contribution >= 0.6 is 24.2 Å². The zero-order chi connectivity index (χ0) is 10.9. The molecule has 0 aromatic heterocycles. The smallest absolute Gasteiger partial charge is 0.307 e. The number of carboxylic acid groups (broad SMARTS) is 1. The molecule has 0 radical (unpaired) electrons. The van der Waals surface area contributed by atoms with Crippen molar-refractivity contribution in [3.8, 4) is 6.07 Å². The molecule has 0 aromatic rings. The van der Waals surface area contributed by atoms with E-state index in [1.165, 1.54) is 11.8 Å². The Balaban J connectivity index is 0.00000196. The molecule has 1 rings (SSSR count). The lowest BCUT2D eigenvalue weighted by atomic mass is 10.1. The molecule has 1 fully saturated rings. The largest absolute Gasteiger partial charge is 0.481 e. The van der Waals surface area contributed by atoms with Gasteiger partial charge in [0.05, 0.1) is 10.8 Å². The van der Waals surface area contributed by atoms with E-state index in [0.717, 1.165) is 0 Å². The molecule has 15 heavy (non-hydrogen) atoms. The first-order valence-electron chi connectivity index (χ1n) is 4.34. The van der Waals surface area contributed by atoms with Crippen molar-refractivity contribution in [2.24, 2.45) is 17.3 Å². The zero-order valence-corrected chi connectivity index (χ0v) is 10.5. The van der Waals surface area contributed by atoms with Crippen LogP contribution in [0.3, 0.4) is 0 Å². The fourth-order valence-electron chi connectivity index (χ4n) is 1.77. The number of carboxylic acids is 1. The lowest BCUT2D eigenvalue weighted by Crippen LogP contribution is -2.03. The third-order valence-corrected chi connectivity index (χ3v) is 3.50. The van der Waals surface area contributed by atoms with Crippen LogP contribution in [0.25, 0.3) is 0 Å².